The van der Waals surface area contributed by atoms with Crippen LogP contribution in [0.1, 0.15) is 24.0 Å². The summed E-state index contributed by atoms with van der Waals surface area (Å²) in [5.41, 5.74) is 0.729. The third kappa shape index (κ3) is 3.83. The fourth-order valence-corrected chi connectivity index (χ4v) is 3.06. The molecule has 2 amide bonds. The third-order valence-electron chi connectivity index (χ3n) is 4.65. The van der Waals surface area contributed by atoms with Crippen LogP contribution in [-0.4, -0.2) is 18.9 Å². The van der Waals surface area contributed by atoms with Crippen LogP contribution in [-0.2, 0) is 22.7 Å². The first-order valence-electron chi connectivity index (χ1n) is 8.49. The van der Waals surface area contributed by atoms with Gasteiger partial charge in [0.2, 0.25) is 11.8 Å². The highest BCUT2D eigenvalue weighted by Gasteiger charge is 2.56. The lowest BCUT2D eigenvalue weighted by molar-refractivity contribution is -0.137. The molecule has 1 saturated carbocycles. The topological polar surface area (TPSA) is 67.4 Å². The normalized spacial score (nSPS) is 14.4. The van der Waals surface area contributed by atoms with E-state index in [4.69, 9.17) is 16.3 Å². The van der Waals surface area contributed by atoms with E-state index in [1.54, 1.807) is 13.2 Å². The summed E-state index contributed by atoms with van der Waals surface area (Å²) in [7, 11) is 1.59. The van der Waals surface area contributed by atoms with Gasteiger partial charge in [0.05, 0.1) is 7.11 Å². The zero-order chi connectivity index (χ0) is 18.6. The van der Waals surface area contributed by atoms with Crippen LogP contribution in [0.3, 0.4) is 0 Å². The Morgan fingerprint density at radius 2 is 1.50 bits per heavy atom. The maximum atomic E-state index is 12.6. The summed E-state index contributed by atoms with van der Waals surface area (Å²) >= 11 is 6.10. The first-order chi connectivity index (χ1) is 12.6. The Bertz CT molecular complexity index is 818. The first kappa shape index (κ1) is 18.3. The fraction of sp³-hybridized carbons (Fsp3) is 0.300. The fourth-order valence-electron chi connectivity index (χ4n) is 2.86. The van der Waals surface area contributed by atoms with Gasteiger partial charge in [-0.05, 0) is 30.5 Å². The van der Waals surface area contributed by atoms with Crippen molar-refractivity contribution in [3.8, 4) is 5.75 Å². The van der Waals surface area contributed by atoms with Gasteiger partial charge in [-0.1, -0.05) is 48.0 Å². The molecule has 6 heteroatoms. The van der Waals surface area contributed by atoms with E-state index in [0.717, 1.165) is 11.1 Å². The van der Waals surface area contributed by atoms with E-state index in [0.29, 0.717) is 36.7 Å². The average Bonchev–Trinajstić information content (AvgIpc) is 3.47. The molecule has 2 aromatic carbocycles. The number of rotatable bonds is 7. The number of hydrogen-bond acceptors (Lipinski definition) is 3. The second-order valence-corrected chi connectivity index (χ2v) is 6.76. The van der Waals surface area contributed by atoms with Crippen LogP contribution in [0, 0.1) is 5.41 Å². The Balaban J connectivity index is 1.58. The molecule has 5 nitrogen and oxygen atoms in total. The molecule has 1 aliphatic carbocycles. The third-order valence-corrected chi connectivity index (χ3v) is 5.02. The number of methoxy groups -OCH3 is 1. The van der Waals surface area contributed by atoms with Gasteiger partial charge in [0.25, 0.3) is 0 Å². The summed E-state index contributed by atoms with van der Waals surface area (Å²) < 4.78 is 5.28. The van der Waals surface area contributed by atoms with E-state index in [1.165, 1.54) is 0 Å². The number of ether oxygens (including phenoxy) is 1. The zero-order valence-electron chi connectivity index (χ0n) is 14.5. The zero-order valence-corrected chi connectivity index (χ0v) is 15.3. The summed E-state index contributed by atoms with van der Waals surface area (Å²) in [5, 5.41) is 6.29. The van der Waals surface area contributed by atoms with Gasteiger partial charge in [0.15, 0.2) is 0 Å². The SMILES string of the molecule is COc1ccccc1CNC(=O)C1(C(=O)NCc2ccccc2Cl)CC1. The lowest BCUT2D eigenvalue weighted by Crippen LogP contribution is -2.42. The molecule has 26 heavy (non-hydrogen) atoms. The van der Waals surface area contributed by atoms with Crippen LogP contribution in [0.5, 0.6) is 5.75 Å². The lowest BCUT2D eigenvalue weighted by atomic mass is 10.0. The van der Waals surface area contributed by atoms with Crippen LogP contribution in [0.15, 0.2) is 48.5 Å². The van der Waals surface area contributed by atoms with Crippen molar-refractivity contribution < 1.29 is 14.3 Å². The molecular formula is C20H21ClN2O3. The van der Waals surface area contributed by atoms with E-state index < -0.39 is 5.41 Å². The molecule has 1 aliphatic rings. The van der Waals surface area contributed by atoms with Crippen LogP contribution in [0.4, 0.5) is 0 Å². The molecule has 0 aromatic heterocycles. The molecule has 136 valence electrons. The number of carbonyl (C=O) groups is 2. The molecule has 2 N–H and O–H groups in total. The second kappa shape index (κ2) is 7.79. The van der Waals surface area contributed by atoms with Crippen molar-refractivity contribution in [2.45, 2.75) is 25.9 Å². The lowest BCUT2D eigenvalue weighted by Gasteiger charge is -2.16. The summed E-state index contributed by atoms with van der Waals surface area (Å²) in [4.78, 5) is 25.1. The van der Waals surface area contributed by atoms with Crippen LogP contribution in [0.25, 0.3) is 0 Å². The summed E-state index contributed by atoms with van der Waals surface area (Å²) in [6, 6.07) is 14.8. The monoisotopic (exact) mass is 372 g/mol. The van der Waals surface area contributed by atoms with Gasteiger partial charge in [-0.25, -0.2) is 0 Å². The minimum Gasteiger partial charge on any atom is -0.496 e. The molecule has 0 radical (unpaired) electrons. The molecule has 0 aliphatic heterocycles. The molecule has 0 heterocycles. The Hall–Kier alpha value is -2.53. The molecule has 0 unspecified atom stereocenters. The predicted molar refractivity (Wildman–Crippen MR) is 99.8 cm³/mol. The first-order valence-corrected chi connectivity index (χ1v) is 8.86. The van der Waals surface area contributed by atoms with Crippen LogP contribution >= 0.6 is 11.6 Å². The van der Waals surface area contributed by atoms with Crippen molar-refractivity contribution in [2.75, 3.05) is 7.11 Å². The summed E-state index contributed by atoms with van der Waals surface area (Å²) in [6.07, 6.45) is 1.11. The number of para-hydroxylation sites is 1. The molecule has 2 aromatic rings. The summed E-state index contributed by atoms with van der Waals surface area (Å²) in [5.74, 6) is 0.204. The molecule has 3 rings (SSSR count). The van der Waals surface area contributed by atoms with Crippen molar-refractivity contribution in [2.24, 2.45) is 5.41 Å². The van der Waals surface area contributed by atoms with Crippen LogP contribution < -0.4 is 15.4 Å². The molecule has 0 bridgehead atoms. The largest absolute Gasteiger partial charge is 0.496 e. The molecule has 0 spiro atoms. The number of benzene rings is 2. The number of halogens is 1. The minimum atomic E-state index is -0.969. The molecule has 0 saturated heterocycles. The Labute approximate surface area is 157 Å². The molecule has 1 fully saturated rings. The smallest absolute Gasteiger partial charge is 0.235 e. The van der Waals surface area contributed by atoms with Gasteiger partial charge < -0.3 is 15.4 Å². The number of nitrogens with one attached hydrogen (secondary N) is 2. The summed E-state index contributed by atoms with van der Waals surface area (Å²) in [6.45, 7) is 0.627. The highest BCUT2D eigenvalue weighted by Crippen LogP contribution is 2.46. The maximum Gasteiger partial charge on any atom is 0.235 e. The molecule has 0 atom stereocenters. The van der Waals surface area contributed by atoms with E-state index in [9.17, 15) is 9.59 Å². The Morgan fingerprint density at radius 3 is 2.08 bits per heavy atom. The van der Waals surface area contributed by atoms with Gasteiger partial charge in [-0.3, -0.25) is 9.59 Å². The van der Waals surface area contributed by atoms with Gasteiger partial charge in [0, 0.05) is 23.7 Å². The standard InChI is InChI=1S/C20H21ClN2O3/c1-26-17-9-5-3-7-15(17)13-23-19(25)20(10-11-20)18(24)22-12-14-6-2-4-8-16(14)21/h2-9H,10-13H2,1H3,(H,22,24)(H,23,25). The number of carbonyl (C=O) groups excluding carboxylic acids is 2. The quantitative estimate of drug-likeness (QED) is 0.734. The van der Waals surface area contributed by atoms with Gasteiger partial charge in [-0.15, -0.1) is 0 Å². The molecular weight excluding hydrogens is 352 g/mol. The number of hydrogen-bond donors (Lipinski definition) is 2. The highest BCUT2D eigenvalue weighted by molar-refractivity contribution is 6.31. The van der Waals surface area contributed by atoms with E-state index in [1.807, 2.05) is 42.5 Å². The van der Waals surface area contributed by atoms with Crippen molar-refractivity contribution in [1.82, 2.24) is 10.6 Å². The van der Waals surface area contributed by atoms with E-state index in [-0.39, 0.29) is 11.8 Å². The Morgan fingerprint density at radius 1 is 0.962 bits per heavy atom. The van der Waals surface area contributed by atoms with Crippen molar-refractivity contribution in [3.05, 3.63) is 64.7 Å². The Kier molecular flexibility index (Phi) is 5.47. The average molecular weight is 373 g/mol. The minimum absolute atomic E-state index is 0.250. The predicted octanol–water partition coefficient (Wildman–Crippen LogP) is 3.06. The van der Waals surface area contributed by atoms with Crippen molar-refractivity contribution >= 4 is 23.4 Å². The van der Waals surface area contributed by atoms with Gasteiger partial charge in [-0.2, -0.15) is 0 Å². The number of amides is 2. The second-order valence-electron chi connectivity index (χ2n) is 6.35. The van der Waals surface area contributed by atoms with Crippen LogP contribution in [0.2, 0.25) is 5.02 Å². The van der Waals surface area contributed by atoms with E-state index in [2.05, 4.69) is 10.6 Å². The highest BCUT2D eigenvalue weighted by atomic mass is 35.5. The van der Waals surface area contributed by atoms with Crippen molar-refractivity contribution in [3.63, 3.8) is 0 Å². The van der Waals surface area contributed by atoms with Gasteiger partial charge >= 0.3 is 0 Å². The van der Waals surface area contributed by atoms with E-state index >= 15 is 0 Å². The van der Waals surface area contributed by atoms with Crippen molar-refractivity contribution in [1.29, 1.82) is 0 Å². The van der Waals surface area contributed by atoms with Gasteiger partial charge in [0.1, 0.15) is 11.2 Å². The maximum absolute atomic E-state index is 12.6.